The zero-order valence-electron chi connectivity index (χ0n) is 8.40. The molecule has 0 aliphatic carbocycles. The maximum absolute atomic E-state index is 9.71. The van der Waals surface area contributed by atoms with Crippen molar-refractivity contribution in [3.63, 3.8) is 0 Å². The summed E-state index contributed by atoms with van der Waals surface area (Å²) in [6.07, 6.45) is 0. The summed E-state index contributed by atoms with van der Waals surface area (Å²) in [4.78, 5) is 0. The lowest BCUT2D eigenvalue weighted by molar-refractivity contribution is 0.184. The van der Waals surface area contributed by atoms with Crippen LogP contribution in [-0.4, -0.2) is 23.9 Å². The quantitative estimate of drug-likeness (QED) is 0.774. The van der Waals surface area contributed by atoms with Gasteiger partial charge in [0.15, 0.2) is 0 Å². The van der Waals surface area contributed by atoms with Crippen LogP contribution in [0.4, 0.5) is 0 Å². The average molecular weight is 276 g/mol. The Balaban J connectivity index is 3.12. The first-order valence-electron chi connectivity index (χ1n) is 4.46. The molecule has 84 valence electrons. The van der Waals surface area contributed by atoms with E-state index < -0.39 is 6.04 Å². The van der Waals surface area contributed by atoms with E-state index in [0.29, 0.717) is 16.6 Å². The third-order valence-corrected chi connectivity index (χ3v) is 2.66. The van der Waals surface area contributed by atoms with Crippen LogP contribution in [0.1, 0.15) is 17.2 Å². The van der Waals surface area contributed by atoms with E-state index in [4.69, 9.17) is 15.6 Å². The minimum Gasteiger partial charge on any atom is -0.506 e. The Labute approximate surface area is 96.8 Å². The summed E-state index contributed by atoms with van der Waals surface area (Å²) in [7, 11) is 1.59. The van der Waals surface area contributed by atoms with Gasteiger partial charge >= 0.3 is 0 Å². The van der Waals surface area contributed by atoms with Crippen LogP contribution in [0.3, 0.4) is 0 Å². The molecule has 15 heavy (non-hydrogen) atoms. The van der Waals surface area contributed by atoms with Crippen LogP contribution >= 0.6 is 15.9 Å². The van der Waals surface area contributed by atoms with Gasteiger partial charge in [-0.05, 0) is 33.6 Å². The van der Waals surface area contributed by atoms with Gasteiger partial charge < -0.3 is 20.7 Å². The normalized spacial score (nSPS) is 12.8. The van der Waals surface area contributed by atoms with Crippen LogP contribution in [0, 0.1) is 0 Å². The lowest BCUT2D eigenvalue weighted by Crippen LogP contribution is -2.15. The van der Waals surface area contributed by atoms with E-state index >= 15 is 0 Å². The summed E-state index contributed by atoms with van der Waals surface area (Å²) in [5.74, 6) is 0.0661. The second kappa shape index (κ2) is 5.46. The zero-order chi connectivity index (χ0) is 11.4. The van der Waals surface area contributed by atoms with Crippen LogP contribution in [0.15, 0.2) is 16.6 Å². The number of benzene rings is 1. The molecule has 4 N–H and O–H groups in total. The Kier molecular flexibility index (Phi) is 4.53. The van der Waals surface area contributed by atoms with Crippen molar-refractivity contribution < 1.29 is 14.9 Å². The molecular formula is C10H14BrNO3. The number of aromatic hydroxyl groups is 1. The van der Waals surface area contributed by atoms with Crippen molar-refractivity contribution in [2.24, 2.45) is 5.73 Å². The number of phenols is 1. The van der Waals surface area contributed by atoms with Gasteiger partial charge in [-0.3, -0.25) is 0 Å². The van der Waals surface area contributed by atoms with Crippen molar-refractivity contribution in [1.29, 1.82) is 0 Å². The van der Waals surface area contributed by atoms with Gasteiger partial charge in [-0.15, -0.1) is 0 Å². The summed E-state index contributed by atoms with van der Waals surface area (Å²) in [5.41, 5.74) is 7.06. The van der Waals surface area contributed by atoms with Crippen LogP contribution in [-0.2, 0) is 11.3 Å². The maximum atomic E-state index is 9.71. The molecule has 0 aromatic heterocycles. The van der Waals surface area contributed by atoms with Gasteiger partial charge in [-0.1, -0.05) is 0 Å². The van der Waals surface area contributed by atoms with Crippen molar-refractivity contribution in [3.8, 4) is 5.75 Å². The topological polar surface area (TPSA) is 75.7 Å². The van der Waals surface area contributed by atoms with E-state index in [-0.39, 0.29) is 12.4 Å². The van der Waals surface area contributed by atoms with E-state index in [1.807, 2.05) is 0 Å². The van der Waals surface area contributed by atoms with Crippen LogP contribution < -0.4 is 5.73 Å². The molecule has 1 rings (SSSR count). The number of phenolic OH excluding ortho intramolecular Hbond substituents is 1. The number of halogens is 1. The molecule has 1 aromatic carbocycles. The Morgan fingerprint density at radius 3 is 2.73 bits per heavy atom. The molecule has 1 unspecified atom stereocenters. The van der Waals surface area contributed by atoms with E-state index in [1.165, 1.54) is 0 Å². The molecule has 0 radical (unpaired) electrons. The van der Waals surface area contributed by atoms with Crippen molar-refractivity contribution in [3.05, 3.63) is 27.7 Å². The molecule has 5 heteroatoms. The number of hydrogen-bond donors (Lipinski definition) is 3. The Morgan fingerprint density at radius 1 is 1.53 bits per heavy atom. The molecule has 0 spiro atoms. The van der Waals surface area contributed by atoms with Gasteiger partial charge in [0, 0.05) is 12.7 Å². The Hall–Kier alpha value is -0.620. The smallest absolute Gasteiger partial charge is 0.134 e. The zero-order valence-corrected chi connectivity index (χ0v) is 9.99. The molecule has 1 aromatic rings. The van der Waals surface area contributed by atoms with Crippen LogP contribution in [0.25, 0.3) is 0 Å². The molecule has 4 nitrogen and oxygen atoms in total. The Morgan fingerprint density at radius 2 is 2.20 bits per heavy atom. The number of methoxy groups -OCH3 is 1. The standard InChI is InChI=1S/C10H14BrNO3/c1-15-5-6-2-7(9(12)4-13)10(14)8(11)3-6/h2-3,9,13-14H,4-5,12H2,1H3. The minimum absolute atomic E-state index is 0.0661. The van der Waals surface area contributed by atoms with Gasteiger partial charge in [0.2, 0.25) is 0 Å². The number of aliphatic hydroxyl groups excluding tert-OH is 1. The highest BCUT2D eigenvalue weighted by molar-refractivity contribution is 9.10. The molecule has 0 amide bonds. The summed E-state index contributed by atoms with van der Waals surface area (Å²) in [5, 5.41) is 18.7. The highest BCUT2D eigenvalue weighted by Crippen LogP contribution is 2.32. The maximum Gasteiger partial charge on any atom is 0.134 e. The van der Waals surface area contributed by atoms with Gasteiger partial charge in [0.1, 0.15) is 5.75 Å². The van der Waals surface area contributed by atoms with Gasteiger partial charge in [0.05, 0.1) is 23.7 Å². The molecule has 0 aliphatic rings. The van der Waals surface area contributed by atoms with E-state index in [2.05, 4.69) is 15.9 Å². The number of rotatable bonds is 4. The predicted molar refractivity (Wildman–Crippen MR) is 60.5 cm³/mol. The number of hydrogen-bond acceptors (Lipinski definition) is 4. The average Bonchev–Trinajstić information content (AvgIpc) is 2.22. The molecule has 0 saturated carbocycles. The highest BCUT2D eigenvalue weighted by atomic mass is 79.9. The highest BCUT2D eigenvalue weighted by Gasteiger charge is 2.14. The SMILES string of the molecule is COCc1cc(Br)c(O)c(C(N)CO)c1. The second-order valence-electron chi connectivity index (χ2n) is 3.24. The largest absolute Gasteiger partial charge is 0.506 e. The third-order valence-electron chi connectivity index (χ3n) is 2.06. The first-order valence-corrected chi connectivity index (χ1v) is 5.26. The van der Waals surface area contributed by atoms with Gasteiger partial charge in [-0.2, -0.15) is 0 Å². The van der Waals surface area contributed by atoms with Gasteiger partial charge in [0.25, 0.3) is 0 Å². The fourth-order valence-electron chi connectivity index (χ4n) is 1.31. The number of aliphatic hydroxyl groups is 1. The summed E-state index contributed by atoms with van der Waals surface area (Å²) >= 11 is 3.22. The summed E-state index contributed by atoms with van der Waals surface area (Å²) in [6, 6.07) is 2.90. The van der Waals surface area contributed by atoms with Crippen molar-refractivity contribution in [2.45, 2.75) is 12.6 Å². The molecule has 0 aliphatic heterocycles. The molecule has 0 fully saturated rings. The number of ether oxygens (including phenoxy) is 1. The van der Waals surface area contributed by atoms with Crippen molar-refractivity contribution in [2.75, 3.05) is 13.7 Å². The van der Waals surface area contributed by atoms with E-state index in [1.54, 1.807) is 19.2 Å². The van der Waals surface area contributed by atoms with Crippen LogP contribution in [0.5, 0.6) is 5.75 Å². The number of nitrogens with two attached hydrogens (primary N) is 1. The molecular weight excluding hydrogens is 262 g/mol. The predicted octanol–water partition coefficient (Wildman–Crippen LogP) is 1.29. The fraction of sp³-hybridized carbons (Fsp3) is 0.400. The first-order chi connectivity index (χ1) is 7.10. The monoisotopic (exact) mass is 275 g/mol. The lowest BCUT2D eigenvalue weighted by Gasteiger charge is -2.14. The fourth-order valence-corrected chi connectivity index (χ4v) is 1.83. The van der Waals surface area contributed by atoms with E-state index in [9.17, 15) is 5.11 Å². The van der Waals surface area contributed by atoms with Crippen LogP contribution in [0.2, 0.25) is 0 Å². The van der Waals surface area contributed by atoms with Gasteiger partial charge in [-0.25, -0.2) is 0 Å². The van der Waals surface area contributed by atoms with Crippen molar-refractivity contribution in [1.82, 2.24) is 0 Å². The lowest BCUT2D eigenvalue weighted by atomic mass is 10.0. The molecule has 0 heterocycles. The second-order valence-corrected chi connectivity index (χ2v) is 4.09. The summed E-state index contributed by atoms with van der Waals surface area (Å²) < 4.78 is 5.54. The van der Waals surface area contributed by atoms with Crippen molar-refractivity contribution >= 4 is 15.9 Å². The molecule has 1 atom stereocenters. The first kappa shape index (κ1) is 12.4. The Bertz CT molecular complexity index is 344. The van der Waals surface area contributed by atoms with E-state index in [0.717, 1.165) is 5.56 Å². The molecule has 0 saturated heterocycles. The molecule has 0 bridgehead atoms. The summed E-state index contributed by atoms with van der Waals surface area (Å²) in [6.45, 7) is 0.223. The minimum atomic E-state index is -0.585. The third kappa shape index (κ3) is 2.92.